The highest BCUT2D eigenvalue weighted by Crippen LogP contribution is 2.36. The van der Waals surface area contributed by atoms with Gasteiger partial charge in [0.15, 0.2) is 17.4 Å². The molecule has 0 radical (unpaired) electrons. The molecule has 1 heterocycles. The van der Waals surface area contributed by atoms with Gasteiger partial charge in [0.1, 0.15) is 0 Å². The molecule has 2 rings (SSSR count). The van der Waals surface area contributed by atoms with Gasteiger partial charge in [-0.05, 0) is 40.5 Å². The van der Waals surface area contributed by atoms with Crippen LogP contribution in [0.4, 0.5) is 5.95 Å². The van der Waals surface area contributed by atoms with Gasteiger partial charge in [-0.2, -0.15) is 0 Å². The van der Waals surface area contributed by atoms with Gasteiger partial charge in [-0.3, -0.25) is 9.78 Å². The molecule has 0 spiro atoms. The Morgan fingerprint density at radius 3 is 2.81 bits per heavy atom. The highest BCUT2D eigenvalue weighted by Gasteiger charge is 2.12. The summed E-state index contributed by atoms with van der Waals surface area (Å²) in [7, 11) is 1.58. The van der Waals surface area contributed by atoms with Gasteiger partial charge in [0.2, 0.25) is 0 Å². The number of rotatable bonds is 5. The number of anilines is 1. The Kier molecular flexibility index (Phi) is 4.85. The van der Waals surface area contributed by atoms with Crippen LogP contribution in [0.3, 0.4) is 0 Å². The highest BCUT2D eigenvalue weighted by molar-refractivity contribution is 9.10. The fourth-order valence-electron chi connectivity index (χ4n) is 1.97. The average molecular weight is 354 g/mol. The largest absolute Gasteiger partial charge is 0.492 e. The first-order valence-corrected chi connectivity index (χ1v) is 7.17. The summed E-state index contributed by atoms with van der Waals surface area (Å²) in [6, 6.07) is 3.74. The molecule has 0 saturated carbocycles. The highest BCUT2D eigenvalue weighted by atomic mass is 79.9. The van der Waals surface area contributed by atoms with Crippen LogP contribution in [0.2, 0.25) is 0 Å². The van der Waals surface area contributed by atoms with Gasteiger partial charge in [-0.1, -0.05) is 0 Å². The van der Waals surface area contributed by atoms with Gasteiger partial charge in [-0.25, -0.2) is 4.98 Å². The molecular weight excluding hydrogens is 338 g/mol. The molecule has 6 nitrogen and oxygen atoms in total. The summed E-state index contributed by atoms with van der Waals surface area (Å²) in [5.41, 5.74) is 6.63. The molecular formula is C14H16BrN3O3. The van der Waals surface area contributed by atoms with E-state index in [1.807, 2.05) is 19.1 Å². The number of nitrogens with two attached hydrogens (primary N) is 1. The van der Waals surface area contributed by atoms with Crippen LogP contribution in [0.5, 0.6) is 11.5 Å². The number of nitrogens with zero attached hydrogens (tertiary/aromatic N) is 1. The minimum atomic E-state index is -0.243. The maximum Gasteiger partial charge on any atom is 0.255 e. The van der Waals surface area contributed by atoms with Crippen molar-refractivity contribution in [2.45, 2.75) is 13.3 Å². The average Bonchev–Trinajstić information content (AvgIpc) is 2.42. The third kappa shape index (κ3) is 3.55. The summed E-state index contributed by atoms with van der Waals surface area (Å²) >= 11 is 3.45. The fourth-order valence-corrected chi connectivity index (χ4v) is 2.62. The van der Waals surface area contributed by atoms with Crippen LogP contribution in [0.15, 0.2) is 27.6 Å². The second kappa shape index (κ2) is 6.62. The maximum atomic E-state index is 11.8. The lowest BCUT2D eigenvalue weighted by molar-refractivity contribution is 0.309. The van der Waals surface area contributed by atoms with E-state index in [9.17, 15) is 4.79 Å². The summed E-state index contributed by atoms with van der Waals surface area (Å²) in [4.78, 5) is 18.2. The van der Waals surface area contributed by atoms with E-state index in [2.05, 4.69) is 25.9 Å². The van der Waals surface area contributed by atoms with Crippen LogP contribution in [0.1, 0.15) is 18.1 Å². The SMILES string of the molecule is CCOc1cc(Cc2cnc(N)[nH]c2=O)cc(Br)c1OC. The summed E-state index contributed by atoms with van der Waals surface area (Å²) in [6.45, 7) is 2.42. The molecule has 0 atom stereocenters. The number of benzene rings is 1. The monoisotopic (exact) mass is 353 g/mol. The lowest BCUT2D eigenvalue weighted by Crippen LogP contribution is -2.16. The summed E-state index contributed by atoms with van der Waals surface area (Å²) in [5, 5.41) is 0. The van der Waals surface area contributed by atoms with Crippen molar-refractivity contribution in [3.8, 4) is 11.5 Å². The normalized spacial score (nSPS) is 10.4. The summed E-state index contributed by atoms with van der Waals surface area (Å²) < 4.78 is 11.6. The molecule has 0 bridgehead atoms. The van der Waals surface area contributed by atoms with E-state index < -0.39 is 0 Å². The molecule has 1 aromatic carbocycles. The Bertz CT molecular complexity index is 700. The van der Waals surface area contributed by atoms with E-state index >= 15 is 0 Å². The van der Waals surface area contributed by atoms with E-state index in [1.54, 1.807) is 7.11 Å². The number of aromatic nitrogens is 2. The molecule has 112 valence electrons. The molecule has 0 fully saturated rings. The smallest absolute Gasteiger partial charge is 0.255 e. The number of methoxy groups -OCH3 is 1. The van der Waals surface area contributed by atoms with Crippen LogP contribution in [0, 0.1) is 0 Å². The topological polar surface area (TPSA) is 90.2 Å². The molecule has 0 amide bonds. The predicted molar refractivity (Wildman–Crippen MR) is 83.9 cm³/mol. The van der Waals surface area contributed by atoms with E-state index in [4.69, 9.17) is 15.2 Å². The van der Waals surface area contributed by atoms with E-state index in [-0.39, 0.29) is 11.5 Å². The summed E-state index contributed by atoms with van der Waals surface area (Å²) in [5.74, 6) is 1.36. The molecule has 3 N–H and O–H groups in total. The number of nitrogen functional groups attached to an aromatic ring is 1. The fraction of sp³-hybridized carbons (Fsp3) is 0.286. The first kappa shape index (κ1) is 15.4. The minimum Gasteiger partial charge on any atom is -0.492 e. The zero-order valence-corrected chi connectivity index (χ0v) is 13.4. The first-order chi connectivity index (χ1) is 10.0. The lowest BCUT2D eigenvalue weighted by atomic mass is 10.1. The molecule has 2 aromatic rings. The van der Waals surface area contributed by atoms with Crippen molar-refractivity contribution in [3.63, 3.8) is 0 Å². The maximum absolute atomic E-state index is 11.8. The molecule has 7 heteroatoms. The van der Waals surface area contributed by atoms with Crippen molar-refractivity contribution in [1.82, 2.24) is 9.97 Å². The zero-order valence-electron chi connectivity index (χ0n) is 11.8. The molecule has 0 aliphatic carbocycles. The Balaban J connectivity index is 2.38. The van der Waals surface area contributed by atoms with Crippen LogP contribution in [0.25, 0.3) is 0 Å². The minimum absolute atomic E-state index is 0.106. The van der Waals surface area contributed by atoms with Gasteiger partial charge < -0.3 is 15.2 Å². The van der Waals surface area contributed by atoms with Crippen molar-refractivity contribution in [1.29, 1.82) is 0 Å². The van der Waals surface area contributed by atoms with Gasteiger partial charge in [-0.15, -0.1) is 0 Å². The zero-order chi connectivity index (χ0) is 15.4. The van der Waals surface area contributed by atoms with Crippen molar-refractivity contribution in [2.75, 3.05) is 19.5 Å². The number of H-pyrrole nitrogens is 1. The van der Waals surface area contributed by atoms with Gasteiger partial charge in [0.25, 0.3) is 5.56 Å². The van der Waals surface area contributed by atoms with Gasteiger partial charge in [0.05, 0.1) is 18.2 Å². The number of hydrogen-bond acceptors (Lipinski definition) is 5. The number of ether oxygens (including phenoxy) is 2. The van der Waals surface area contributed by atoms with Gasteiger partial charge >= 0.3 is 0 Å². The van der Waals surface area contributed by atoms with E-state index in [1.165, 1.54) is 6.20 Å². The molecule has 1 aromatic heterocycles. The van der Waals surface area contributed by atoms with Crippen LogP contribution >= 0.6 is 15.9 Å². The standard InChI is InChI=1S/C14H16BrN3O3/c1-3-21-11-6-8(5-10(15)12(11)20-2)4-9-7-17-14(16)18-13(9)19/h5-7H,3-4H2,1-2H3,(H3,16,17,18,19). The molecule has 0 aliphatic heterocycles. The number of hydrogen-bond donors (Lipinski definition) is 2. The van der Waals surface area contributed by atoms with Crippen LogP contribution < -0.4 is 20.8 Å². The Morgan fingerprint density at radius 2 is 2.19 bits per heavy atom. The number of halogens is 1. The van der Waals surface area contributed by atoms with Crippen molar-refractivity contribution in [3.05, 3.63) is 44.3 Å². The second-order valence-corrected chi connectivity index (χ2v) is 5.20. The molecule has 0 aliphatic rings. The molecule has 0 unspecified atom stereocenters. The quantitative estimate of drug-likeness (QED) is 0.858. The Morgan fingerprint density at radius 1 is 1.43 bits per heavy atom. The second-order valence-electron chi connectivity index (χ2n) is 4.34. The number of aromatic amines is 1. The van der Waals surface area contributed by atoms with Crippen molar-refractivity contribution >= 4 is 21.9 Å². The third-order valence-corrected chi connectivity index (χ3v) is 3.45. The Hall–Kier alpha value is -2.02. The third-order valence-electron chi connectivity index (χ3n) is 2.86. The van der Waals surface area contributed by atoms with Gasteiger partial charge in [0, 0.05) is 18.2 Å². The number of nitrogens with one attached hydrogen (secondary N) is 1. The summed E-state index contributed by atoms with van der Waals surface area (Å²) in [6.07, 6.45) is 1.90. The van der Waals surface area contributed by atoms with Crippen molar-refractivity contribution < 1.29 is 9.47 Å². The predicted octanol–water partition coefficient (Wildman–Crippen LogP) is 2.11. The van der Waals surface area contributed by atoms with Crippen LogP contribution in [-0.2, 0) is 6.42 Å². The van der Waals surface area contributed by atoms with E-state index in [0.717, 1.165) is 10.0 Å². The first-order valence-electron chi connectivity index (χ1n) is 6.38. The Labute approximate surface area is 130 Å². The lowest BCUT2D eigenvalue weighted by Gasteiger charge is -2.13. The van der Waals surface area contributed by atoms with Crippen molar-refractivity contribution in [2.24, 2.45) is 0 Å². The van der Waals surface area contributed by atoms with Crippen LogP contribution in [-0.4, -0.2) is 23.7 Å². The molecule has 0 saturated heterocycles. The molecule has 21 heavy (non-hydrogen) atoms. The van der Waals surface area contributed by atoms with E-state index in [0.29, 0.717) is 30.1 Å².